The number of alkyl halides is 3. The number of halogens is 3. The Bertz CT molecular complexity index is 596. The van der Waals surface area contributed by atoms with Crippen molar-refractivity contribution in [3.63, 3.8) is 0 Å². The molecule has 0 spiro atoms. The molecule has 5 heteroatoms. The number of carbonyl (C=O) groups is 1. The van der Waals surface area contributed by atoms with Crippen LogP contribution in [0.2, 0.25) is 0 Å². The van der Waals surface area contributed by atoms with Gasteiger partial charge in [0.25, 0.3) is 0 Å². The lowest BCUT2D eigenvalue weighted by molar-refractivity contribution is -0.137. The fourth-order valence-electron chi connectivity index (χ4n) is 1.74. The maximum atomic E-state index is 12.5. The van der Waals surface area contributed by atoms with Gasteiger partial charge in [-0.15, -0.1) is 11.3 Å². The molecule has 1 aromatic carbocycles. The molecular weight excluding hydrogens is 249 g/mol. The highest BCUT2D eigenvalue weighted by molar-refractivity contribution is 7.21. The molecule has 0 saturated carbocycles. The van der Waals surface area contributed by atoms with E-state index in [1.165, 1.54) is 13.0 Å². The van der Waals surface area contributed by atoms with Crippen molar-refractivity contribution in [1.29, 1.82) is 0 Å². The third kappa shape index (κ3) is 2.07. The molecule has 0 aliphatic heterocycles. The second-order valence-electron chi connectivity index (χ2n) is 3.82. The van der Waals surface area contributed by atoms with Gasteiger partial charge in [-0.3, -0.25) is 4.79 Å². The molecule has 17 heavy (non-hydrogen) atoms. The molecular formula is C12H9F3OS. The van der Waals surface area contributed by atoms with Crippen LogP contribution in [0.1, 0.15) is 27.7 Å². The average Bonchev–Trinajstić information content (AvgIpc) is 2.54. The predicted molar refractivity (Wildman–Crippen MR) is 61.6 cm³/mol. The first-order valence-electron chi connectivity index (χ1n) is 4.92. The number of aryl methyl sites for hydroxylation is 1. The first kappa shape index (κ1) is 12.1. The number of hydrogen-bond donors (Lipinski definition) is 0. The van der Waals surface area contributed by atoms with E-state index in [1.807, 2.05) is 0 Å². The minimum atomic E-state index is -4.34. The van der Waals surface area contributed by atoms with Crippen LogP contribution in [0.15, 0.2) is 18.2 Å². The summed E-state index contributed by atoms with van der Waals surface area (Å²) < 4.78 is 38.1. The van der Waals surface area contributed by atoms with Crippen molar-refractivity contribution < 1.29 is 18.0 Å². The topological polar surface area (TPSA) is 17.1 Å². The van der Waals surface area contributed by atoms with Crippen molar-refractivity contribution in [2.75, 3.05) is 0 Å². The van der Waals surface area contributed by atoms with E-state index < -0.39 is 11.7 Å². The van der Waals surface area contributed by atoms with Crippen LogP contribution in [0, 0.1) is 6.92 Å². The van der Waals surface area contributed by atoms with E-state index in [2.05, 4.69) is 0 Å². The molecule has 0 atom stereocenters. The van der Waals surface area contributed by atoms with Gasteiger partial charge in [-0.2, -0.15) is 13.2 Å². The van der Waals surface area contributed by atoms with Crippen LogP contribution in [0.5, 0.6) is 0 Å². The van der Waals surface area contributed by atoms with Crippen molar-refractivity contribution >= 4 is 27.2 Å². The van der Waals surface area contributed by atoms with Crippen molar-refractivity contribution in [2.24, 2.45) is 0 Å². The molecule has 0 bridgehead atoms. The number of rotatable bonds is 1. The lowest BCUT2D eigenvalue weighted by Crippen LogP contribution is -2.03. The van der Waals surface area contributed by atoms with Gasteiger partial charge < -0.3 is 0 Å². The Morgan fingerprint density at radius 2 is 1.94 bits per heavy atom. The summed E-state index contributed by atoms with van der Waals surface area (Å²) in [5.41, 5.74) is 0.0765. The molecule has 0 aliphatic carbocycles. The minimum absolute atomic E-state index is 0.114. The first-order chi connectivity index (χ1) is 7.80. The number of hydrogen-bond acceptors (Lipinski definition) is 2. The van der Waals surface area contributed by atoms with Crippen LogP contribution < -0.4 is 0 Å². The molecule has 90 valence electrons. The van der Waals surface area contributed by atoms with E-state index >= 15 is 0 Å². The zero-order chi connectivity index (χ0) is 12.8. The monoisotopic (exact) mass is 258 g/mol. The summed E-state index contributed by atoms with van der Waals surface area (Å²) in [6.07, 6.45) is -4.34. The van der Waals surface area contributed by atoms with Crippen LogP contribution >= 0.6 is 11.3 Å². The molecule has 0 unspecified atom stereocenters. The van der Waals surface area contributed by atoms with Crippen LogP contribution in [0.25, 0.3) is 10.1 Å². The quantitative estimate of drug-likeness (QED) is 0.691. The Hall–Kier alpha value is -1.36. The number of Topliss-reactive ketones (excluding diaryl/α,β-unsaturated/α-hetero) is 1. The van der Waals surface area contributed by atoms with E-state index in [0.29, 0.717) is 15.0 Å². The third-order valence-corrected chi connectivity index (χ3v) is 3.94. The molecule has 0 amide bonds. The molecule has 2 rings (SSSR count). The van der Waals surface area contributed by atoms with Crippen molar-refractivity contribution in [1.82, 2.24) is 0 Å². The average molecular weight is 258 g/mol. The maximum Gasteiger partial charge on any atom is 0.416 e. The number of fused-ring (bicyclic) bond motifs is 1. The molecule has 0 saturated heterocycles. The zero-order valence-electron chi connectivity index (χ0n) is 9.18. The maximum absolute atomic E-state index is 12.5. The van der Waals surface area contributed by atoms with Gasteiger partial charge in [0.05, 0.1) is 10.4 Å². The Labute approximate surface area is 99.9 Å². The second kappa shape index (κ2) is 3.84. The zero-order valence-corrected chi connectivity index (χ0v) is 10.00. The van der Waals surface area contributed by atoms with Crippen molar-refractivity contribution in [3.05, 3.63) is 34.2 Å². The van der Waals surface area contributed by atoms with Crippen molar-refractivity contribution in [3.8, 4) is 0 Å². The molecule has 1 nitrogen and oxygen atoms in total. The Morgan fingerprint density at radius 3 is 2.47 bits per heavy atom. The van der Waals surface area contributed by atoms with Crippen LogP contribution in [-0.4, -0.2) is 5.78 Å². The standard InChI is InChI=1S/C12H9F3OS/c1-6-9-4-3-8(12(13,14)15)5-10(9)17-11(6)7(2)16/h3-5H,1-2H3. The van der Waals surface area contributed by atoms with Gasteiger partial charge in [-0.05, 0) is 36.9 Å². The van der Waals surface area contributed by atoms with Gasteiger partial charge in [0.2, 0.25) is 0 Å². The SMILES string of the molecule is CC(=O)c1sc2cc(C(F)(F)F)ccc2c1C. The highest BCUT2D eigenvalue weighted by Crippen LogP contribution is 2.36. The minimum Gasteiger partial charge on any atom is -0.294 e. The van der Waals surface area contributed by atoms with Crippen LogP contribution in [-0.2, 0) is 6.18 Å². The molecule has 1 heterocycles. The number of thiophene rings is 1. The molecule has 0 N–H and O–H groups in total. The van der Waals surface area contributed by atoms with E-state index in [-0.39, 0.29) is 5.78 Å². The molecule has 0 radical (unpaired) electrons. The lowest BCUT2D eigenvalue weighted by Gasteiger charge is -2.05. The van der Waals surface area contributed by atoms with Gasteiger partial charge in [-0.25, -0.2) is 0 Å². The van der Waals surface area contributed by atoms with E-state index in [9.17, 15) is 18.0 Å². The Balaban J connectivity index is 2.68. The van der Waals surface area contributed by atoms with E-state index in [4.69, 9.17) is 0 Å². The number of ketones is 1. The number of benzene rings is 1. The summed E-state index contributed by atoms with van der Waals surface area (Å²) in [5, 5.41) is 0.716. The normalized spacial score (nSPS) is 12.1. The molecule has 0 aliphatic rings. The molecule has 2 aromatic rings. The van der Waals surface area contributed by atoms with Crippen molar-refractivity contribution in [2.45, 2.75) is 20.0 Å². The second-order valence-corrected chi connectivity index (χ2v) is 4.87. The van der Waals surface area contributed by atoms with Gasteiger partial charge in [0.1, 0.15) is 0 Å². The fourth-order valence-corrected chi connectivity index (χ4v) is 2.88. The summed E-state index contributed by atoms with van der Waals surface area (Å²) in [6.45, 7) is 3.17. The van der Waals surface area contributed by atoms with Gasteiger partial charge in [0, 0.05) is 4.70 Å². The summed E-state index contributed by atoms with van der Waals surface area (Å²) in [7, 11) is 0. The summed E-state index contributed by atoms with van der Waals surface area (Å²) in [5.74, 6) is -0.114. The number of carbonyl (C=O) groups excluding carboxylic acids is 1. The van der Waals surface area contributed by atoms with E-state index in [0.717, 1.165) is 29.0 Å². The van der Waals surface area contributed by atoms with Crippen LogP contribution in [0.4, 0.5) is 13.2 Å². The van der Waals surface area contributed by atoms with Gasteiger partial charge in [0.15, 0.2) is 5.78 Å². The summed E-state index contributed by atoms with van der Waals surface area (Å²) in [4.78, 5) is 11.8. The largest absolute Gasteiger partial charge is 0.416 e. The summed E-state index contributed by atoms with van der Waals surface area (Å²) >= 11 is 1.11. The van der Waals surface area contributed by atoms with E-state index in [1.54, 1.807) is 6.92 Å². The highest BCUT2D eigenvalue weighted by Gasteiger charge is 2.30. The Kier molecular flexibility index (Phi) is 2.73. The Morgan fingerprint density at radius 1 is 1.29 bits per heavy atom. The summed E-state index contributed by atoms with van der Waals surface area (Å²) in [6, 6.07) is 3.57. The predicted octanol–water partition coefficient (Wildman–Crippen LogP) is 4.43. The third-order valence-electron chi connectivity index (χ3n) is 2.59. The smallest absolute Gasteiger partial charge is 0.294 e. The highest BCUT2D eigenvalue weighted by atomic mass is 32.1. The van der Waals surface area contributed by atoms with Gasteiger partial charge in [-0.1, -0.05) is 6.07 Å². The first-order valence-corrected chi connectivity index (χ1v) is 5.73. The lowest BCUT2D eigenvalue weighted by atomic mass is 10.1. The molecule has 0 fully saturated rings. The van der Waals surface area contributed by atoms with Crippen LogP contribution in [0.3, 0.4) is 0 Å². The van der Waals surface area contributed by atoms with Gasteiger partial charge >= 0.3 is 6.18 Å². The fraction of sp³-hybridized carbons (Fsp3) is 0.250. The molecule has 1 aromatic heterocycles.